The Morgan fingerprint density at radius 1 is 1.37 bits per heavy atom. The van der Waals surface area contributed by atoms with Crippen LogP contribution in [0.5, 0.6) is 11.5 Å². The third-order valence-corrected chi connectivity index (χ3v) is 3.69. The molecule has 19 heavy (non-hydrogen) atoms. The molecule has 1 aliphatic rings. The van der Waals surface area contributed by atoms with Gasteiger partial charge in [0.05, 0.1) is 12.7 Å². The van der Waals surface area contributed by atoms with E-state index in [-0.39, 0.29) is 5.78 Å². The highest BCUT2D eigenvalue weighted by molar-refractivity contribution is 7.08. The highest BCUT2D eigenvalue weighted by Crippen LogP contribution is 2.31. The zero-order chi connectivity index (χ0) is 13.2. The van der Waals surface area contributed by atoms with Crippen LogP contribution in [0.2, 0.25) is 0 Å². The lowest BCUT2D eigenvalue weighted by Gasteiger charge is -2.19. The molecule has 0 fully saturated rings. The highest BCUT2D eigenvalue weighted by Gasteiger charge is 2.23. The van der Waals surface area contributed by atoms with Crippen LogP contribution in [0.1, 0.15) is 15.9 Å². The highest BCUT2D eigenvalue weighted by atomic mass is 32.1. The van der Waals surface area contributed by atoms with E-state index in [1.165, 1.54) is 0 Å². The summed E-state index contributed by atoms with van der Waals surface area (Å²) in [5, 5.41) is 3.99. The maximum Gasteiger partial charge on any atom is 0.196 e. The molecule has 4 heteroatoms. The Hall–Kier alpha value is -2.07. The molecule has 2 heterocycles. The van der Waals surface area contributed by atoms with E-state index in [4.69, 9.17) is 9.47 Å². The summed E-state index contributed by atoms with van der Waals surface area (Å²) in [6.07, 6.45) is 1.88. The van der Waals surface area contributed by atoms with Crippen LogP contribution in [0, 0.1) is 0 Å². The Balaban J connectivity index is 1.99. The quantitative estimate of drug-likeness (QED) is 0.786. The fraction of sp³-hybridized carbons (Fsp3) is 0.133. The van der Waals surface area contributed by atoms with Crippen molar-refractivity contribution in [1.29, 1.82) is 0 Å². The topological polar surface area (TPSA) is 35.5 Å². The van der Waals surface area contributed by atoms with Crippen molar-refractivity contribution in [2.24, 2.45) is 0 Å². The van der Waals surface area contributed by atoms with Gasteiger partial charge in [-0.3, -0.25) is 4.79 Å². The van der Waals surface area contributed by atoms with Gasteiger partial charge in [-0.05, 0) is 46.7 Å². The summed E-state index contributed by atoms with van der Waals surface area (Å²) < 4.78 is 10.8. The van der Waals surface area contributed by atoms with Crippen molar-refractivity contribution in [3.63, 3.8) is 0 Å². The van der Waals surface area contributed by atoms with E-state index >= 15 is 0 Å². The molecule has 3 nitrogen and oxygen atoms in total. The smallest absolute Gasteiger partial charge is 0.196 e. The zero-order valence-electron chi connectivity index (χ0n) is 10.4. The van der Waals surface area contributed by atoms with Gasteiger partial charge in [0.25, 0.3) is 0 Å². The second kappa shape index (κ2) is 4.90. The van der Waals surface area contributed by atoms with Crippen molar-refractivity contribution in [1.82, 2.24) is 0 Å². The number of carbonyl (C=O) groups excluding carboxylic acids is 1. The molecule has 0 bridgehead atoms. The van der Waals surface area contributed by atoms with Crippen LogP contribution >= 0.6 is 11.3 Å². The first-order valence-electron chi connectivity index (χ1n) is 5.86. The Morgan fingerprint density at radius 2 is 2.26 bits per heavy atom. The van der Waals surface area contributed by atoms with Crippen LogP contribution in [-0.4, -0.2) is 19.5 Å². The van der Waals surface area contributed by atoms with Gasteiger partial charge in [-0.2, -0.15) is 11.3 Å². The summed E-state index contributed by atoms with van der Waals surface area (Å²) in [5.41, 5.74) is 2.26. The number of rotatable bonds is 2. The molecule has 0 atom stereocenters. The molecule has 1 aliphatic heterocycles. The lowest BCUT2D eigenvalue weighted by Crippen LogP contribution is -2.19. The molecule has 0 amide bonds. The van der Waals surface area contributed by atoms with Gasteiger partial charge in [-0.25, -0.2) is 0 Å². The van der Waals surface area contributed by atoms with Crippen molar-refractivity contribution in [3.8, 4) is 11.5 Å². The molecule has 0 spiro atoms. The number of ether oxygens (including phenoxy) is 2. The molecule has 0 radical (unpaired) electrons. The number of ketones is 1. The number of carbonyl (C=O) groups is 1. The van der Waals surface area contributed by atoms with Gasteiger partial charge in [0.2, 0.25) is 0 Å². The van der Waals surface area contributed by atoms with Crippen LogP contribution in [0.4, 0.5) is 0 Å². The average Bonchev–Trinajstić information content (AvgIpc) is 2.95. The number of methoxy groups -OCH3 is 1. The normalized spacial score (nSPS) is 16.1. The SMILES string of the molecule is COc1ccc2c(c1)C(=O)/C(=C\c1ccsc1)CO2. The fourth-order valence-corrected chi connectivity index (χ4v) is 2.62. The summed E-state index contributed by atoms with van der Waals surface area (Å²) in [6, 6.07) is 7.26. The van der Waals surface area contributed by atoms with E-state index in [1.807, 2.05) is 22.9 Å². The first-order valence-corrected chi connectivity index (χ1v) is 6.80. The third kappa shape index (κ3) is 2.27. The van der Waals surface area contributed by atoms with E-state index in [2.05, 4.69) is 0 Å². The van der Waals surface area contributed by atoms with Crippen LogP contribution in [0.15, 0.2) is 40.6 Å². The Kier molecular flexibility index (Phi) is 3.09. The minimum atomic E-state index is 0.00588. The van der Waals surface area contributed by atoms with Crippen molar-refractivity contribution in [3.05, 3.63) is 51.7 Å². The Bertz CT molecular complexity index is 641. The fourth-order valence-electron chi connectivity index (χ4n) is 2.00. The maximum absolute atomic E-state index is 12.4. The molecule has 2 aromatic rings. The molecule has 0 unspecified atom stereocenters. The molecule has 1 aromatic carbocycles. The predicted octanol–water partition coefficient (Wildman–Crippen LogP) is 3.42. The minimum Gasteiger partial charge on any atom is -0.497 e. The van der Waals surface area contributed by atoms with E-state index in [0.717, 1.165) is 5.56 Å². The number of benzene rings is 1. The lowest BCUT2D eigenvalue weighted by molar-refractivity contribution is 0.100. The second-order valence-corrected chi connectivity index (χ2v) is 4.99. The van der Waals surface area contributed by atoms with Crippen LogP contribution in [-0.2, 0) is 0 Å². The number of thiophene rings is 1. The van der Waals surface area contributed by atoms with Gasteiger partial charge in [0, 0.05) is 5.57 Å². The summed E-state index contributed by atoms with van der Waals surface area (Å²) in [4.78, 5) is 12.4. The van der Waals surface area contributed by atoms with E-state index in [0.29, 0.717) is 29.2 Å². The van der Waals surface area contributed by atoms with E-state index in [9.17, 15) is 4.79 Å². The summed E-state index contributed by atoms with van der Waals surface area (Å²) >= 11 is 1.60. The molecular weight excluding hydrogens is 260 g/mol. The molecule has 3 rings (SSSR count). The predicted molar refractivity (Wildman–Crippen MR) is 75.1 cm³/mol. The van der Waals surface area contributed by atoms with Crippen molar-refractivity contribution in [2.75, 3.05) is 13.7 Å². The molecule has 0 saturated heterocycles. The van der Waals surface area contributed by atoms with Crippen molar-refractivity contribution in [2.45, 2.75) is 0 Å². The Labute approximate surface area is 115 Å². The number of hydrogen-bond acceptors (Lipinski definition) is 4. The van der Waals surface area contributed by atoms with Gasteiger partial charge in [-0.15, -0.1) is 0 Å². The van der Waals surface area contributed by atoms with Gasteiger partial charge < -0.3 is 9.47 Å². The van der Waals surface area contributed by atoms with Gasteiger partial charge in [0.15, 0.2) is 5.78 Å². The molecule has 96 valence electrons. The maximum atomic E-state index is 12.4. The summed E-state index contributed by atoms with van der Waals surface area (Å²) in [5.74, 6) is 1.28. The summed E-state index contributed by atoms with van der Waals surface area (Å²) in [6.45, 7) is 0.314. The average molecular weight is 272 g/mol. The zero-order valence-corrected chi connectivity index (χ0v) is 11.2. The first-order chi connectivity index (χ1) is 9.28. The van der Waals surface area contributed by atoms with Gasteiger partial charge >= 0.3 is 0 Å². The standard InChI is InChI=1S/C15H12O3S/c1-17-12-2-3-14-13(7-12)15(16)11(8-18-14)6-10-4-5-19-9-10/h2-7,9H,8H2,1H3/b11-6-. The third-order valence-electron chi connectivity index (χ3n) is 2.99. The monoisotopic (exact) mass is 272 g/mol. The molecule has 1 aromatic heterocycles. The van der Waals surface area contributed by atoms with Crippen LogP contribution in [0.25, 0.3) is 6.08 Å². The molecule has 0 N–H and O–H groups in total. The second-order valence-electron chi connectivity index (χ2n) is 4.21. The molecule has 0 aliphatic carbocycles. The first kappa shape index (κ1) is 12.0. The Morgan fingerprint density at radius 3 is 3.00 bits per heavy atom. The van der Waals surface area contributed by atoms with Crippen LogP contribution < -0.4 is 9.47 Å². The number of fused-ring (bicyclic) bond motifs is 1. The van der Waals surface area contributed by atoms with Crippen molar-refractivity contribution < 1.29 is 14.3 Å². The van der Waals surface area contributed by atoms with Crippen molar-refractivity contribution >= 4 is 23.2 Å². The van der Waals surface area contributed by atoms with Crippen LogP contribution in [0.3, 0.4) is 0 Å². The number of hydrogen-bond donors (Lipinski definition) is 0. The largest absolute Gasteiger partial charge is 0.497 e. The number of Topliss-reactive ketones (excluding diaryl/α,β-unsaturated/α-hetero) is 1. The summed E-state index contributed by atoms with van der Waals surface area (Å²) in [7, 11) is 1.58. The molecule has 0 saturated carbocycles. The van der Waals surface area contributed by atoms with Gasteiger partial charge in [-0.1, -0.05) is 0 Å². The lowest BCUT2D eigenvalue weighted by atomic mass is 9.99. The van der Waals surface area contributed by atoms with Gasteiger partial charge in [0.1, 0.15) is 18.1 Å². The minimum absolute atomic E-state index is 0.00588. The molecular formula is C15H12O3S. The van der Waals surface area contributed by atoms with E-state index in [1.54, 1.807) is 36.6 Å². The van der Waals surface area contributed by atoms with E-state index < -0.39 is 0 Å².